The van der Waals surface area contributed by atoms with E-state index in [1.54, 1.807) is 19.2 Å². The monoisotopic (exact) mass is 503 g/mol. The molecule has 0 saturated carbocycles. The first-order valence-electron chi connectivity index (χ1n) is 10.6. The molecule has 1 unspecified atom stereocenters. The Morgan fingerprint density at radius 3 is 2.38 bits per heavy atom. The molecule has 34 heavy (non-hydrogen) atoms. The van der Waals surface area contributed by atoms with E-state index in [1.807, 2.05) is 36.4 Å². The van der Waals surface area contributed by atoms with Crippen molar-refractivity contribution in [3.63, 3.8) is 0 Å². The van der Waals surface area contributed by atoms with E-state index in [4.69, 9.17) is 21.1 Å². The summed E-state index contributed by atoms with van der Waals surface area (Å²) in [5, 5.41) is 16.1. The van der Waals surface area contributed by atoms with Gasteiger partial charge in [-0.1, -0.05) is 17.7 Å². The van der Waals surface area contributed by atoms with Gasteiger partial charge in [0.2, 0.25) is 10.0 Å². The average molecular weight is 504 g/mol. The van der Waals surface area contributed by atoms with Crippen LogP contribution in [-0.2, 0) is 10.0 Å². The fraction of sp³-hybridized carbons (Fsp3) is 0.250. The highest BCUT2D eigenvalue weighted by Gasteiger charge is 2.12. The molecule has 10 heteroatoms. The van der Waals surface area contributed by atoms with E-state index in [0.717, 1.165) is 39.6 Å². The van der Waals surface area contributed by atoms with Gasteiger partial charge in [-0.05, 0) is 42.0 Å². The van der Waals surface area contributed by atoms with Crippen molar-refractivity contribution in [1.29, 1.82) is 0 Å². The van der Waals surface area contributed by atoms with Gasteiger partial charge in [0.25, 0.3) is 0 Å². The SMILES string of the molecule is COc1ccc2c(c1)[nH]c1cc(OCCNCC(O)c3ccc(Cl)c(NS(C)(=O)=O)c3)ccc12. The molecule has 0 fully saturated rings. The lowest BCUT2D eigenvalue weighted by Gasteiger charge is -2.15. The molecule has 4 N–H and O–H groups in total. The number of aliphatic hydroxyl groups excluding tert-OH is 1. The second-order valence-corrected chi connectivity index (χ2v) is 10.1. The number of nitrogens with one attached hydrogen (secondary N) is 3. The Bertz CT molecular complexity index is 1420. The van der Waals surface area contributed by atoms with Crippen LogP contribution < -0.4 is 19.5 Å². The lowest BCUT2D eigenvalue weighted by molar-refractivity contribution is 0.172. The van der Waals surface area contributed by atoms with Gasteiger partial charge in [-0.15, -0.1) is 0 Å². The number of fused-ring (bicyclic) bond motifs is 3. The number of ether oxygens (including phenoxy) is 2. The second-order valence-electron chi connectivity index (χ2n) is 7.93. The largest absolute Gasteiger partial charge is 0.497 e. The molecule has 180 valence electrons. The minimum absolute atomic E-state index is 0.231. The van der Waals surface area contributed by atoms with Gasteiger partial charge in [0.15, 0.2) is 0 Å². The van der Waals surface area contributed by atoms with Crippen LogP contribution in [0.5, 0.6) is 11.5 Å². The van der Waals surface area contributed by atoms with Crippen LogP contribution in [0.1, 0.15) is 11.7 Å². The zero-order chi connectivity index (χ0) is 24.3. The third-order valence-corrected chi connectivity index (χ3v) is 6.25. The van der Waals surface area contributed by atoms with Crippen molar-refractivity contribution in [1.82, 2.24) is 10.3 Å². The molecule has 0 aliphatic heterocycles. The van der Waals surface area contributed by atoms with Crippen molar-refractivity contribution >= 4 is 49.1 Å². The van der Waals surface area contributed by atoms with Gasteiger partial charge in [0.05, 0.1) is 41.2 Å². The third kappa shape index (κ3) is 5.74. The molecule has 0 aliphatic carbocycles. The van der Waals surface area contributed by atoms with Crippen LogP contribution in [-0.4, -0.2) is 51.6 Å². The zero-order valence-electron chi connectivity index (χ0n) is 18.8. The van der Waals surface area contributed by atoms with Crippen molar-refractivity contribution in [2.45, 2.75) is 6.10 Å². The molecular formula is C24H26ClN3O5S. The molecule has 3 aromatic carbocycles. The summed E-state index contributed by atoms with van der Waals surface area (Å²) in [6.07, 6.45) is 0.207. The van der Waals surface area contributed by atoms with Gasteiger partial charge < -0.3 is 24.9 Å². The first kappa shape index (κ1) is 24.2. The van der Waals surface area contributed by atoms with E-state index in [-0.39, 0.29) is 17.3 Å². The van der Waals surface area contributed by atoms with Crippen LogP contribution in [0.15, 0.2) is 54.6 Å². The van der Waals surface area contributed by atoms with Crippen molar-refractivity contribution in [3.05, 3.63) is 65.2 Å². The summed E-state index contributed by atoms with van der Waals surface area (Å²) in [6, 6.07) is 16.6. The zero-order valence-corrected chi connectivity index (χ0v) is 20.3. The van der Waals surface area contributed by atoms with Crippen LogP contribution in [0, 0.1) is 0 Å². The van der Waals surface area contributed by atoms with Crippen molar-refractivity contribution in [3.8, 4) is 11.5 Å². The summed E-state index contributed by atoms with van der Waals surface area (Å²) in [5.74, 6) is 1.54. The lowest BCUT2D eigenvalue weighted by atomic mass is 10.1. The number of methoxy groups -OCH3 is 1. The Morgan fingerprint density at radius 1 is 1.03 bits per heavy atom. The summed E-state index contributed by atoms with van der Waals surface area (Å²) < 4.78 is 36.4. The number of halogens is 1. The van der Waals surface area contributed by atoms with E-state index in [1.165, 1.54) is 6.07 Å². The van der Waals surface area contributed by atoms with E-state index >= 15 is 0 Å². The Labute approximate surface area is 202 Å². The number of anilines is 1. The Hall–Kier alpha value is -2.98. The summed E-state index contributed by atoms with van der Waals surface area (Å²) in [4.78, 5) is 3.39. The summed E-state index contributed by atoms with van der Waals surface area (Å²) in [6.45, 7) is 1.20. The maximum Gasteiger partial charge on any atom is 0.229 e. The molecule has 0 radical (unpaired) electrons. The number of sulfonamides is 1. The van der Waals surface area contributed by atoms with Crippen molar-refractivity contribution in [2.24, 2.45) is 0 Å². The van der Waals surface area contributed by atoms with Crippen LogP contribution in [0.2, 0.25) is 5.02 Å². The molecule has 0 saturated heterocycles. The standard InChI is InChI=1S/C24H26ClN3O5S/c1-32-16-4-6-18-19-7-5-17(13-22(19)27-21(18)12-16)33-10-9-26-14-24(29)15-3-8-20(25)23(11-15)28-34(2,30)31/h3-8,11-13,24,26-29H,9-10,14H2,1-2H3. The maximum atomic E-state index is 11.5. The number of aliphatic hydroxyl groups is 1. The normalized spacial score (nSPS) is 12.7. The predicted octanol–water partition coefficient (Wildman–Crippen LogP) is 4.06. The summed E-state index contributed by atoms with van der Waals surface area (Å²) in [5.41, 5.74) is 2.75. The van der Waals surface area contributed by atoms with Gasteiger partial charge in [-0.2, -0.15) is 0 Å². The fourth-order valence-corrected chi connectivity index (χ4v) is 4.50. The molecule has 0 bridgehead atoms. The van der Waals surface area contributed by atoms with Gasteiger partial charge in [0.1, 0.15) is 18.1 Å². The summed E-state index contributed by atoms with van der Waals surface area (Å²) in [7, 11) is -1.83. The molecule has 0 amide bonds. The molecule has 8 nitrogen and oxygen atoms in total. The molecule has 1 atom stereocenters. The molecule has 0 aliphatic rings. The van der Waals surface area contributed by atoms with E-state index < -0.39 is 16.1 Å². The van der Waals surface area contributed by atoms with E-state index in [2.05, 4.69) is 15.0 Å². The molecule has 0 spiro atoms. The van der Waals surface area contributed by atoms with Crippen LogP contribution >= 0.6 is 11.6 Å². The van der Waals surface area contributed by atoms with Gasteiger partial charge in [-0.3, -0.25) is 4.72 Å². The quantitative estimate of drug-likeness (QED) is 0.243. The highest BCUT2D eigenvalue weighted by molar-refractivity contribution is 7.92. The van der Waals surface area contributed by atoms with Crippen LogP contribution in [0.4, 0.5) is 5.69 Å². The number of hydrogen-bond donors (Lipinski definition) is 4. The average Bonchev–Trinajstić information content (AvgIpc) is 3.16. The highest BCUT2D eigenvalue weighted by atomic mass is 35.5. The maximum absolute atomic E-state index is 11.5. The molecule has 4 aromatic rings. The number of aromatic amines is 1. The van der Waals surface area contributed by atoms with Crippen LogP contribution in [0.25, 0.3) is 21.8 Å². The Kier molecular flexibility index (Phi) is 7.18. The number of hydrogen-bond acceptors (Lipinski definition) is 6. The Morgan fingerprint density at radius 2 is 1.71 bits per heavy atom. The predicted molar refractivity (Wildman–Crippen MR) is 136 cm³/mol. The minimum atomic E-state index is -3.47. The smallest absolute Gasteiger partial charge is 0.229 e. The topological polar surface area (TPSA) is 113 Å². The van der Waals surface area contributed by atoms with E-state index in [0.29, 0.717) is 18.7 Å². The fourth-order valence-electron chi connectivity index (χ4n) is 3.71. The van der Waals surface area contributed by atoms with Gasteiger partial charge in [0, 0.05) is 36.0 Å². The number of H-pyrrole nitrogens is 1. The third-order valence-electron chi connectivity index (χ3n) is 5.33. The second kappa shape index (κ2) is 10.1. The van der Waals surface area contributed by atoms with Crippen molar-refractivity contribution in [2.75, 3.05) is 37.8 Å². The highest BCUT2D eigenvalue weighted by Crippen LogP contribution is 2.30. The number of benzene rings is 3. The first-order chi connectivity index (χ1) is 16.2. The molecule has 1 heterocycles. The van der Waals surface area contributed by atoms with E-state index in [9.17, 15) is 13.5 Å². The van der Waals surface area contributed by atoms with Gasteiger partial charge in [-0.25, -0.2) is 8.42 Å². The number of aromatic nitrogens is 1. The molecular weight excluding hydrogens is 478 g/mol. The van der Waals surface area contributed by atoms with Crippen molar-refractivity contribution < 1.29 is 23.0 Å². The lowest BCUT2D eigenvalue weighted by Crippen LogP contribution is -2.26. The Balaban J connectivity index is 1.30. The minimum Gasteiger partial charge on any atom is -0.497 e. The molecule has 4 rings (SSSR count). The van der Waals surface area contributed by atoms with Crippen LogP contribution in [0.3, 0.4) is 0 Å². The first-order valence-corrected chi connectivity index (χ1v) is 12.9. The number of rotatable bonds is 10. The van der Waals surface area contributed by atoms with Gasteiger partial charge >= 0.3 is 0 Å². The summed E-state index contributed by atoms with van der Waals surface area (Å²) >= 11 is 6.04. The molecule has 1 aromatic heterocycles.